The van der Waals surface area contributed by atoms with Crippen LogP contribution in [0.2, 0.25) is 0 Å². The Balaban J connectivity index is 3.53. The third-order valence-electron chi connectivity index (χ3n) is 0.768. The molecule has 0 aromatic carbocycles. The number of rotatable bonds is 4. The van der Waals surface area contributed by atoms with Crippen LogP contribution in [0.15, 0.2) is 0 Å². The second kappa shape index (κ2) is 4.33. The molecule has 0 amide bonds. The van der Waals surface area contributed by atoms with Crippen molar-refractivity contribution in [3.63, 3.8) is 0 Å². The van der Waals surface area contributed by atoms with E-state index in [1.165, 1.54) is 11.9 Å². The van der Waals surface area contributed by atoms with Crippen molar-refractivity contribution in [1.82, 2.24) is 4.90 Å². The van der Waals surface area contributed by atoms with Crippen LogP contribution in [-0.4, -0.2) is 40.7 Å². The molecule has 0 saturated heterocycles. The van der Waals surface area contributed by atoms with E-state index in [1.807, 2.05) is 0 Å². The Morgan fingerprint density at radius 3 is 2.50 bits per heavy atom. The second-order valence-corrected chi connectivity index (χ2v) is 2.89. The first-order valence-electron chi connectivity index (χ1n) is 2.56. The molecule has 1 unspecified atom stereocenters. The summed E-state index contributed by atoms with van der Waals surface area (Å²) in [5.41, 5.74) is 0. The predicted octanol–water partition coefficient (Wildman–Crippen LogP) is -0.305. The van der Waals surface area contributed by atoms with Gasteiger partial charge in [0.2, 0.25) is 6.29 Å². The van der Waals surface area contributed by atoms with Gasteiger partial charge in [0.15, 0.2) is 0 Å². The topological polar surface area (TPSA) is 77.8 Å². The van der Waals surface area contributed by atoms with Crippen molar-refractivity contribution in [2.45, 2.75) is 0 Å². The van der Waals surface area contributed by atoms with Crippen molar-refractivity contribution < 1.29 is 19.4 Å². The number of carboxylic acids is 1. The Hall–Kier alpha value is -0.510. The lowest BCUT2D eigenvalue weighted by molar-refractivity contribution is -0.137. The minimum Gasteiger partial charge on any atom is -0.480 e. The SMILES string of the molecule is CN(CC(=O)O)C[P+](=O)O. The normalized spacial score (nSPS) is 11.7. The van der Waals surface area contributed by atoms with E-state index in [2.05, 4.69) is 0 Å². The summed E-state index contributed by atoms with van der Waals surface area (Å²) in [6.45, 7) is -0.207. The van der Waals surface area contributed by atoms with E-state index in [0.717, 1.165) is 0 Å². The van der Waals surface area contributed by atoms with Crippen LogP contribution in [0, 0.1) is 0 Å². The van der Waals surface area contributed by atoms with Crippen molar-refractivity contribution >= 4 is 14.0 Å². The summed E-state index contributed by atoms with van der Waals surface area (Å²) in [6.07, 6.45) is -0.0956. The quantitative estimate of drug-likeness (QED) is 0.560. The molecule has 0 aliphatic rings. The Kier molecular flexibility index (Phi) is 4.11. The number of hydrogen-bond donors (Lipinski definition) is 2. The maximum atomic E-state index is 10.1. The molecular formula is C4H9NO4P+. The lowest BCUT2D eigenvalue weighted by Gasteiger charge is -2.03. The number of nitrogens with zero attached hydrogens (tertiary/aromatic N) is 1. The van der Waals surface area contributed by atoms with Crippen LogP contribution >= 0.6 is 8.03 Å². The van der Waals surface area contributed by atoms with E-state index in [9.17, 15) is 9.36 Å². The molecule has 2 N–H and O–H groups in total. The van der Waals surface area contributed by atoms with E-state index in [-0.39, 0.29) is 12.8 Å². The van der Waals surface area contributed by atoms with Gasteiger partial charge < -0.3 is 5.11 Å². The molecule has 0 bridgehead atoms. The summed E-state index contributed by atoms with van der Waals surface area (Å²) in [6, 6.07) is 0. The Morgan fingerprint density at radius 2 is 2.20 bits per heavy atom. The average molecular weight is 166 g/mol. The highest BCUT2D eigenvalue weighted by atomic mass is 31.1. The molecule has 0 rings (SSSR count). The molecule has 0 spiro atoms. The Bertz CT molecular complexity index is 132. The molecule has 0 radical (unpaired) electrons. The van der Waals surface area contributed by atoms with Gasteiger partial charge in [-0.2, -0.15) is 4.89 Å². The predicted molar refractivity (Wildman–Crippen MR) is 35.0 cm³/mol. The van der Waals surface area contributed by atoms with Crippen molar-refractivity contribution in [3.05, 3.63) is 0 Å². The van der Waals surface area contributed by atoms with Crippen LogP contribution in [0.4, 0.5) is 0 Å². The maximum absolute atomic E-state index is 10.1. The second-order valence-electron chi connectivity index (χ2n) is 1.90. The molecule has 0 heterocycles. The highest BCUT2D eigenvalue weighted by Gasteiger charge is 2.15. The van der Waals surface area contributed by atoms with Gasteiger partial charge in [-0.25, -0.2) is 0 Å². The zero-order valence-corrected chi connectivity index (χ0v) is 6.41. The largest absolute Gasteiger partial charge is 0.521 e. The van der Waals surface area contributed by atoms with Crippen molar-refractivity contribution in [3.8, 4) is 0 Å². The van der Waals surface area contributed by atoms with Crippen LogP contribution in [-0.2, 0) is 9.36 Å². The molecule has 6 heteroatoms. The van der Waals surface area contributed by atoms with Crippen molar-refractivity contribution in [2.24, 2.45) is 0 Å². The lowest BCUT2D eigenvalue weighted by atomic mass is 10.6. The summed E-state index contributed by atoms with van der Waals surface area (Å²) in [4.78, 5) is 19.5. The molecule has 1 atom stereocenters. The standard InChI is InChI=1S/C4H8NO4P/c1-5(2-4(6)7)3-10(8)9/h2-3H2,1H3,(H-,6,7,8,9)/p+1. The monoisotopic (exact) mass is 166 g/mol. The fourth-order valence-electron chi connectivity index (χ4n) is 0.487. The molecule has 0 aliphatic heterocycles. The van der Waals surface area contributed by atoms with Crippen LogP contribution < -0.4 is 0 Å². The van der Waals surface area contributed by atoms with Gasteiger partial charge in [0.1, 0.15) is 0 Å². The zero-order valence-electron chi connectivity index (χ0n) is 5.52. The van der Waals surface area contributed by atoms with Crippen LogP contribution in [0.3, 0.4) is 0 Å². The van der Waals surface area contributed by atoms with Gasteiger partial charge in [0.05, 0.1) is 6.54 Å². The molecule has 58 valence electrons. The number of aliphatic carboxylic acids is 1. The van der Waals surface area contributed by atoms with Gasteiger partial charge in [0.25, 0.3) is 0 Å². The third kappa shape index (κ3) is 5.62. The fourth-order valence-corrected chi connectivity index (χ4v) is 1.00. The van der Waals surface area contributed by atoms with Crippen LogP contribution in [0.1, 0.15) is 0 Å². The summed E-state index contributed by atoms with van der Waals surface area (Å²) >= 11 is 0. The Labute approximate surface area is 59.1 Å². The molecule has 5 nitrogen and oxygen atoms in total. The van der Waals surface area contributed by atoms with Gasteiger partial charge in [-0.3, -0.25) is 9.69 Å². The fraction of sp³-hybridized carbons (Fsp3) is 0.750. The number of likely N-dealkylation sites (N-methyl/N-ethyl adjacent to an activating group) is 1. The van der Waals surface area contributed by atoms with Crippen molar-refractivity contribution in [1.29, 1.82) is 0 Å². The van der Waals surface area contributed by atoms with Gasteiger partial charge >= 0.3 is 14.0 Å². The Morgan fingerprint density at radius 1 is 1.70 bits per heavy atom. The summed E-state index contributed by atoms with van der Waals surface area (Å²) in [7, 11) is -0.788. The molecule has 0 saturated carbocycles. The molecule has 10 heavy (non-hydrogen) atoms. The highest BCUT2D eigenvalue weighted by Crippen LogP contribution is 2.12. The number of carbonyl (C=O) groups is 1. The van der Waals surface area contributed by atoms with Gasteiger partial charge in [0, 0.05) is 0 Å². The van der Waals surface area contributed by atoms with Crippen LogP contribution in [0.5, 0.6) is 0 Å². The average Bonchev–Trinajstić information content (AvgIpc) is 1.58. The van der Waals surface area contributed by atoms with E-state index < -0.39 is 14.0 Å². The molecule has 0 aliphatic carbocycles. The molecule has 0 fully saturated rings. The van der Waals surface area contributed by atoms with E-state index in [4.69, 9.17) is 10.00 Å². The maximum Gasteiger partial charge on any atom is 0.521 e. The third-order valence-corrected chi connectivity index (χ3v) is 1.49. The van der Waals surface area contributed by atoms with E-state index in [0.29, 0.717) is 0 Å². The first-order chi connectivity index (χ1) is 4.52. The van der Waals surface area contributed by atoms with Gasteiger partial charge in [-0.15, -0.1) is 0 Å². The highest BCUT2D eigenvalue weighted by molar-refractivity contribution is 7.37. The zero-order chi connectivity index (χ0) is 8.15. The summed E-state index contributed by atoms with van der Waals surface area (Å²) in [5, 5.41) is 8.18. The molecule has 0 aromatic rings. The first kappa shape index (κ1) is 9.49. The number of carboxylic acid groups (broad SMARTS) is 1. The molecular weight excluding hydrogens is 157 g/mol. The lowest BCUT2D eigenvalue weighted by Crippen LogP contribution is -2.24. The van der Waals surface area contributed by atoms with Gasteiger partial charge in [-0.05, 0) is 11.6 Å². The van der Waals surface area contributed by atoms with E-state index in [1.54, 1.807) is 0 Å². The minimum atomic E-state index is -2.26. The van der Waals surface area contributed by atoms with Crippen LogP contribution in [0.25, 0.3) is 0 Å². The minimum absolute atomic E-state index is 0.0956. The van der Waals surface area contributed by atoms with Gasteiger partial charge in [-0.1, -0.05) is 0 Å². The molecule has 0 aromatic heterocycles. The number of hydrogen-bond acceptors (Lipinski definition) is 3. The summed E-state index contributed by atoms with van der Waals surface area (Å²) < 4.78 is 10.1. The first-order valence-corrected chi connectivity index (χ1v) is 3.96. The van der Waals surface area contributed by atoms with E-state index >= 15 is 0 Å². The smallest absolute Gasteiger partial charge is 0.480 e. The summed E-state index contributed by atoms with van der Waals surface area (Å²) in [5.74, 6) is -1.00. The van der Waals surface area contributed by atoms with Crippen molar-refractivity contribution in [2.75, 3.05) is 19.9 Å².